The van der Waals surface area contributed by atoms with Crippen LogP contribution in [0.1, 0.15) is 22.3 Å². The lowest BCUT2D eigenvalue weighted by molar-refractivity contribution is -0.130. The Morgan fingerprint density at radius 1 is 1.00 bits per heavy atom. The SMILES string of the molecule is Cc1ccc2nc(N3CCN(C(=O)Cc4ccc(C)c(C)c4)CC3)sc2c1. The Bertz CT molecular complexity index is 986. The van der Waals surface area contributed by atoms with Crippen LogP contribution in [0.15, 0.2) is 36.4 Å². The minimum Gasteiger partial charge on any atom is -0.345 e. The first kappa shape index (κ1) is 18.0. The van der Waals surface area contributed by atoms with Gasteiger partial charge in [-0.05, 0) is 55.2 Å². The van der Waals surface area contributed by atoms with Crippen molar-refractivity contribution >= 4 is 32.6 Å². The van der Waals surface area contributed by atoms with E-state index in [1.807, 2.05) is 4.90 Å². The number of anilines is 1. The van der Waals surface area contributed by atoms with Gasteiger partial charge in [0.15, 0.2) is 5.13 Å². The van der Waals surface area contributed by atoms with Crippen LogP contribution in [-0.2, 0) is 11.2 Å². The van der Waals surface area contributed by atoms with Gasteiger partial charge in [-0.25, -0.2) is 4.98 Å². The summed E-state index contributed by atoms with van der Waals surface area (Å²) in [5, 5.41) is 1.07. The Labute approximate surface area is 164 Å². The van der Waals surface area contributed by atoms with Gasteiger partial charge in [0.05, 0.1) is 16.6 Å². The Morgan fingerprint density at radius 2 is 1.78 bits per heavy atom. The molecule has 0 aliphatic carbocycles. The van der Waals surface area contributed by atoms with Gasteiger partial charge < -0.3 is 9.80 Å². The van der Waals surface area contributed by atoms with Crippen molar-refractivity contribution < 1.29 is 4.79 Å². The Balaban J connectivity index is 1.38. The standard InChI is InChI=1S/C22H25N3OS/c1-15-4-7-19-20(12-15)27-22(23-19)25-10-8-24(9-11-25)21(26)14-18-6-5-16(2)17(3)13-18/h4-7,12-13H,8-11,14H2,1-3H3. The number of carbonyl (C=O) groups is 1. The molecule has 0 saturated carbocycles. The van der Waals surface area contributed by atoms with Crippen molar-refractivity contribution in [2.24, 2.45) is 0 Å². The van der Waals surface area contributed by atoms with E-state index >= 15 is 0 Å². The fourth-order valence-corrected chi connectivity index (χ4v) is 4.62. The number of aromatic nitrogens is 1. The molecule has 1 aliphatic rings. The number of hydrogen-bond donors (Lipinski definition) is 0. The summed E-state index contributed by atoms with van der Waals surface area (Å²) in [6.07, 6.45) is 0.488. The molecule has 4 nitrogen and oxygen atoms in total. The molecule has 3 aromatic rings. The van der Waals surface area contributed by atoms with Crippen molar-refractivity contribution in [1.82, 2.24) is 9.88 Å². The van der Waals surface area contributed by atoms with Crippen molar-refractivity contribution in [1.29, 1.82) is 0 Å². The Kier molecular flexibility index (Phi) is 4.87. The summed E-state index contributed by atoms with van der Waals surface area (Å²) in [6.45, 7) is 9.52. The van der Waals surface area contributed by atoms with Crippen LogP contribution in [0.5, 0.6) is 0 Å². The van der Waals surface area contributed by atoms with Crippen molar-refractivity contribution in [3.05, 3.63) is 58.7 Å². The van der Waals surface area contributed by atoms with Gasteiger partial charge in [0.2, 0.25) is 5.91 Å². The van der Waals surface area contributed by atoms with Crippen LogP contribution in [0.3, 0.4) is 0 Å². The highest BCUT2D eigenvalue weighted by atomic mass is 32.1. The molecule has 0 bridgehead atoms. The number of nitrogens with zero attached hydrogens (tertiary/aromatic N) is 3. The minimum absolute atomic E-state index is 0.220. The molecule has 1 fully saturated rings. The average Bonchev–Trinajstić information content (AvgIpc) is 3.08. The number of thiazole rings is 1. The molecule has 2 heterocycles. The van der Waals surface area contributed by atoms with E-state index in [4.69, 9.17) is 4.98 Å². The van der Waals surface area contributed by atoms with Gasteiger partial charge in [-0.2, -0.15) is 0 Å². The Morgan fingerprint density at radius 3 is 2.52 bits per heavy atom. The van der Waals surface area contributed by atoms with Gasteiger partial charge >= 0.3 is 0 Å². The van der Waals surface area contributed by atoms with Gasteiger partial charge in [-0.3, -0.25) is 4.79 Å². The number of benzene rings is 2. The number of rotatable bonds is 3. The molecular weight excluding hydrogens is 354 g/mol. The lowest BCUT2D eigenvalue weighted by Gasteiger charge is -2.34. The molecule has 0 N–H and O–H groups in total. The highest BCUT2D eigenvalue weighted by molar-refractivity contribution is 7.22. The van der Waals surface area contributed by atoms with Gasteiger partial charge in [0, 0.05) is 26.2 Å². The molecule has 4 rings (SSSR count). The summed E-state index contributed by atoms with van der Waals surface area (Å²) in [6, 6.07) is 12.7. The van der Waals surface area contributed by atoms with E-state index in [1.165, 1.54) is 21.4 Å². The maximum atomic E-state index is 12.7. The van der Waals surface area contributed by atoms with E-state index in [-0.39, 0.29) is 5.91 Å². The molecule has 0 radical (unpaired) electrons. The highest BCUT2D eigenvalue weighted by Gasteiger charge is 2.23. The van der Waals surface area contributed by atoms with Crippen LogP contribution >= 0.6 is 11.3 Å². The zero-order chi connectivity index (χ0) is 19.0. The topological polar surface area (TPSA) is 36.4 Å². The average molecular weight is 380 g/mol. The summed E-state index contributed by atoms with van der Waals surface area (Å²) in [4.78, 5) is 21.7. The molecule has 5 heteroatoms. The first-order valence-corrected chi connectivity index (χ1v) is 10.3. The third-order valence-corrected chi connectivity index (χ3v) is 6.44. The minimum atomic E-state index is 0.220. The second kappa shape index (κ2) is 7.31. The van der Waals surface area contributed by atoms with Crippen molar-refractivity contribution in [3.63, 3.8) is 0 Å². The van der Waals surface area contributed by atoms with E-state index < -0.39 is 0 Å². The fourth-order valence-electron chi connectivity index (χ4n) is 3.50. The van der Waals surface area contributed by atoms with Crippen LogP contribution in [0, 0.1) is 20.8 Å². The highest BCUT2D eigenvalue weighted by Crippen LogP contribution is 2.30. The van der Waals surface area contributed by atoms with Crippen LogP contribution < -0.4 is 4.90 Å². The van der Waals surface area contributed by atoms with Crippen molar-refractivity contribution in [2.45, 2.75) is 27.2 Å². The number of fused-ring (bicyclic) bond motifs is 1. The van der Waals surface area contributed by atoms with E-state index in [9.17, 15) is 4.79 Å². The number of amides is 1. The third kappa shape index (κ3) is 3.83. The first-order valence-electron chi connectivity index (χ1n) is 9.45. The van der Waals surface area contributed by atoms with Crippen molar-refractivity contribution in [3.8, 4) is 0 Å². The molecule has 2 aromatic carbocycles. The molecule has 0 unspecified atom stereocenters. The van der Waals surface area contributed by atoms with Gasteiger partial charge in [-0.1, -0.05) is 35.6 Å². The predicted octanol–water partition coefficient (Wildman–Crippen LogP) is 4.11. The summed E-state index contributed by atoms with van der Waals surface area (Å²) in [5.74, 6) is 0.220. The van der Waals surface area contributed by atoms with E-state index in [2.05, 4.69) is 62.1 Å². The van der Waals surface area contributed by atoms with E-state index in [0.29, 0.717) is 6.42 Å². The zero-order valence-electron chi connectivity index (χ0n) is 16.2. The summed E-state index contributed by atoms with van der Waals surface area (Å²) < 4.78 is 1.23. The van der Waals surface area contributed by atoms with E-state index in [1.54, 1.807) is 11.3 Å². The molecule has 1 saturated heterocycles. The third-order valence-electron chi connectivity index (χ3n) is 5.36. The monoisotopic (exact) mass is 379 g/mol. The zero-order valence-corrected chi connectivity index (χ0v) is 17.0. The smallest absolute Gasteiger partial charge is 0.227 e. The molecule has 27 heavy (non-hydrogen) atoms. The van der Waals surface area contributed by atoms with Gasteiger partial charge in [0.1, 0.15) is 0 Å². The number of carbonyl (C=O) groups excluding carboxylic acids is 1. The second-order valence-electron chi connectivity index (χ2n) is 7.43. The van der Waals surface area contributed by atoms with Crippen LogP contribution in [0.4, 0.5) is 5.13 Å². The van der Waals surface area contributed by atoms with Crippen LogP contribution in [0.25, 0.3) is 10.2 Å². The number of hydrogen-bond acceptors (Lipinski definition) is 4. The molecule has 1 aliphatic heterocycles. The Hall–Kier alpha value is -2.40. The first-order chi connectivity index (χ1) is 13.0. The normalized spacial score (nSPS) is 14.8. The van der Waals surface area contributed by atoms with Crippen LogP contribution in [0.2, 0.25) is 0 Å². The van der Waals surface area contributed by atoms with Crippen LogP contribution in [-0.4, -0.2) is 42.0 Å². The lowest BCUT2D eigenvalue weighted by atomic mass is 10.0. The van der Waals surface area contributed by atoms with Gasteiger partial charge in [-0.15, -0.1) is 0 Å². The lowest BCUT2D eigenvalue weighted by Crippen LogP contribution is -2.49. The number of aryl methyl sites for hydroxylation is 3. The largest absolute Gasteiger partial charge is 0.345 e. The summed E-state index contributed by atoms with van der Waals surface area (Å²) in [7, 11) is 0. The molecular formula is C22H25N3OS. The second-order valence-corrected chi connectivity index (χ2v) is 8.44. The molecule has 1 aromatic heterocycles. The maximum absolute atomic E-state index is 12.7. The molecule has 140 valence electrons. The van der Waals surface area contributed by atoms with Crippen molar-refractivity contribution in [2.75, 3.05) is 31.1 Å². The number of piperazine rings is 1. The summed E-state index contributed by atoms with van der Waals surface area (Å²) >= 11 is 1.74. The fraction of sp³-hybridized carbons (Fsp3) is 0.364. The molecule has 0 atom stereocenters. The van der Waals surface area contributed by atoms with Gasteiger partial charge in [0.25, 0.3) is 0 Å². The maximum Gasteiger partial charge on any atom is 0.227 e. The molecule has 0 spiro atoms. The predicted molar refractivity (Wildman–Crippen MR) is 113 cm³/mol. The summed E-state index contributed by atoms with van der Waals surface area (Å²) in [5.41, 5.74) is 5.95. The van der Waals surface area contributed by atoms with E-state index in [0.717, 1.165) is 42.4 Å². The molecule has 1 amide bonds. The quantitative estimate of drug-likeness (QED) is 0.687.